The minimum Gasteiger partial charge on any atom is -0.481 e. The van der Waals surface area contributed by atoms with Crippen LogP contribution in [0.25, 0.3) is 0 Å². The van der Waals surface area contributed by atoms with Gasteiger partial charge in [0.25, 0.3) is 0 Å². The Morgan fingerprint density at radius 3 is 2.59 bits per heavy atom. The van der Waals surface area contributed by atoms with Crippen LogP contribution >= 0.6 is 15.9 Å². The molecule has 4 nitrogen and oxygen atoms in total. The van der Waals surface area contributed by atoms with Crippen LogP contribution in [-0.4, -0.2) is 28.6 Å². The van der Waals surface area contributed by atoms with Crippen LogP contribution in [0.3, 0.4) is 0 Å². The summed E-state index contributed by atoms with van der Waals surface area (Å²) >= 11 is 3.27. The summed E-state index contributed by atoms with van der Waals surface area (Å²) in [5.74, 6) is 0.0692. The molecule has 17 heavy (non-hydrogen) atoms. The number of furan rings is 1. The van der Waals surface area contributed by atoms with Crippen molar-refractivity contribution in [1.82, 2.24) is 4.90 Å². The zero-order valence-electron chi connectivity index (χ0n) is 10.3. The number of nitrogens with zero attached hydrogens (tertiary/aromatic N) is 1. The Hall–Kier alpha value is -0.810. The Balaban J connectivity index is 2.76. The molecule has 2 atom stereocenters. The summed E-state index contributed by atoms with van der Waals surface area (Å²) < 4.78 is 6.21. The molecule has 1 rings (SSSR count). The van der Waals surface area contributed by atoms with E-state index >= 15 is 0 Å². The van der Waals surface area contributed by atoms with Gasteiger partial charge in [-0.1, -0.05) is 6.92 Å². The first kappa shape index (κ1) is 14.3. The van der Waals surface area contributed by atoms with Crippen molar-refractivity contribution >= 4 is 21.9 Å². The van der Waals surface area contributed by atoms with Gasteiger partial charge in [0, 0.05) is 6.04 Å². The number of hydrogen-bond acceptors (Lipinski definition) is 3. The van der Waals surface area contributed by atoms with E-state index in [1.54, 1.807) is 0 Å². The molecular formula is C12H18BrNO3. The molecule has 2 unspecified atom stereocenters. The van der Waals surface area contributed by atoms with Crippen molar-refractivity contribution in [3.05, 3.63) is 22.6 Å². The fraction of sp³-hybridized carbons (Fsp3) is 0.583. The third-order valence-corrected chi connectivity index (χ3v) is 3.33. The molecular weight excluding hydrogens is 286 g/mol. The SMILES string of the molecule is CCN(C(C)CC(=O)O)C(C)c1ccc(Br)o1. The molecule has 0 bridgehead atoms. The highest BCUT2D eigenvalue weighted by Gasteiger charge is 2.23. The molecule has 5 heteroatoms. The summed E-state index contributed by atoms with van der Waals surface area (Å²) in [7, 11) is 0. The van der Waals surface area contributed by atoms with Gasteiger partial charge in [-0.2, -0.15) is 0 Å². The molecule has 96 valence electrons. The second-order valence-corrected chi connectivity index (χ2v) is 4.88. The third-order valence-electron chi connectivity index (χ3n) is 2.90. The van der Waals surface area contributed by atoms with E-state index in [1.807, 2.05) is 32.9 Å². The number of aliphatic carboxylic acids is 1. The van der Waals surface area contributed by atoms with Crippen molar-refractivity contribution in [3.63, 3.8) is 0 Å². The number of carboxylic acids is 1. The molecule has 0 aliphatic carbocycles. The maximum Gasteiger partial charge on any atom is 0.304 e. The maximum atomic E-state index is 10.7. The lowest BCUT2D eigenvalue weighted by Crippen LogP contribution is -2.36. The molecule has 1 N–H and O–H groups in total. The van der Waals surface area contributed by atoms with Gasteiger partial charge in [0.1, 0.15) is 5.76 Å². The fourth-order valence-corrected chi connectivity index (χ4v) is 2.37. The fourth-order valence-electron chi connectivity index (χ4n) is 2.05. The number of rotatable bonds is 6. The van der Waals surface area contributed by atoms with E-state index < -0.39 is 5.97 Å². The number of hydrogen-bond donors (Lipinski definition) is 1. The van der Waals surface area contributed by atoms with Crippen molar-refractivity contribution in [1.29, 1.82) is 0 Å². The Bertz CT molecular complexity index is 378. The van der Waals surface area contributed by atoms with Gasteiger partial charge in [-0.05, 0) is 48.5 Å². The molecule has 1 aromatic rings. The van der Waals surface area contributed by atoms with E-state index in [0.717, 1.165) is 12.3 Å². The Morgan fingerprint density at radius 2 is 2.18 bits per heavy atom. The summed E-state index contributed by atoms with van der Waals surface area (Å²) in [5.41, 5.74) is 0. The first-order valence-corrected chi connectivity index (χ1v) is 6.47. The summed E-state index contributed by atoms with van der Waals surface area (Å²) in [6.45, 7) is 6.75. The van der Waals surface area contributed by atoms with Crippen LogP contribution in [0.1, 0.15) is 39.0 Å². The molecule has 0 aliphatic rings. The van der Waals surface area contributed by atoms with E-state index in [1.165, 1.54) is 0 Å². The van der Waals surface area contributed by atoms with Crippen molar-refractivity contribution in [3.8, 4) is 0 Å². The summed E-state index contributed by atoms with van der Waals surface area (Å²) in [6.07, 6.45) is 0.139. The molecule has 1 heterocycles. The average Bonchev–Trinajstić information content (AvgIpc) is 2.64. The number of carboxylic acid groups (broad SMARTS) is 1. The molecule has 0 aromatic carbocycles. The Morgan fingerprint density at radius 1 is 1.53 bits per heavy atom. The molecule has 0 saturated carbocycles. The molecule has 0 fully saturated rings. The predicted octanol–water partition coefficient (Wildman–Crippen LogP) is 3.29. The lowest BCUT2D eigenvalue weighted by atomic mass is 10.1. The third kappa shape index (κ3) is 3.85. The smallest absolute Gasteiger partial charge is 0.304 e. The van der Waals surface area contributed by atoms with Gasteiger partial charge >= 0.3 is 5.97 Å². The minimum atomic E-state index is -0.774. The highest BCUT2D eigenvalue weighted by Crippen LogP contribution is 2.26. The van der Waals surface area contributed by atoms with E-state index in [4.69, 9.17) is 9.52 Å². The van der Waals surface area contributed by atoms with Crippen LogP contribution in [0.5, 0.6) is 0 Å². The van der Waals surface area contributed by atoms with Crippen molar-refractivity contribution in [2.24, 2.45) is 0 Å². The van der Waals surface area contributed by atoms with Crippen LogP contribution in [0.15, 0.2) is 21.2 Å². The van der Waals surface area contributed by atoms with Crippen LogP contribution in [0.2, 0.25) is 0 Å². The standard InChI is InChI=1S/C12H18BrNO3/c1-4-14(8(2)7-12(15)16)9(3)10-5-6-11(13)17-10/h5-6,8-9H,4,7H2,1-3H3,(H,15,16). The van der Waals surface area contributed by atoms with Gasteiger partial charge < -0.3 is 9.52 Å². The highest BCUT2D eigenvalue weighted by atomic mass is 79.9. The van der Waals surface area contributed by atoms with Gasteiger partial charge in [-0.3, -0.25) is 9.69 Å². The Kier molecular flexibility index (Phi) is 5.21. The van der Waals surface area contributed by atoms with E-state index in [0.29, 0.717) is 4.67 Å². The maximum absolute atomic E-state index is 10.7. The predicted molar refractivity (Wildman–Crippen MR) is 68.9 cm³/mol. The topological polar surface area (TPSA) is 53.7 Å². The summed E-state index contributed by atoms with van der Waals surface area (Å²) in [4.78, 5) is 12.8. The highest BCUT2D eigenvalue weighted by molar-refractivity contribution is 9.10. The van der Waals surface area contributed by atoms with Gasteiger partial charge in [-0.15, -0.1) is 0 Å². The molecule has 0 amide bonds. The van der Waals surface area contributed by atoms with E-state index in [-0.39, 0.29) is 18.5 Å². The van der Waals surface area contributed by atoms with Gasteiger partial charge in [-0.25, -0.2) is 0 Å². The van der Waals surface area contributed by atoms with Crippen LogP contribution < -0.4 is 0 Å². The first-order chi connectivity index (χ1) is 7.95. The first-order valence-electron chi connectivity index (χ1n) is 5.68. The lowest BCUT2D eigenvalue weighted by molar-refractivity contribution is -0.138. The molecule has 0 aliphatic heterocycles. The normalized spacial score (nSPS) is 14.9. The molecule has 0 spiro atoms. The van der Waals surface area contributed by atoms with Crippen LogP contribution in [0, 0.1) is 0 Å². The second kappa shape index (κ2) is 6.21. The zero-order chi connectivity index (χ0) is 13.0. The summed E-state index contributed by atoms with van der Waals surface area (Å²) in [6, 6.07) is 3.81. The average molecular weight is 304 g/mol. The molecule has 0 radical (unpaired) electrons. The van der Waals surface area contributed by atoms with E-state index in [2.05, 4.69) is 20.8 Å². The van der Waals surface area contributed by atoms with Gasteiger partial charge in [0.05, 0.1) is 12.5 Å². The Labute approximate surface area is 110 Å². The van der Waals surface area contributed by atoms with Crippen LogP contribution in [0.4, 0.5) is 0 Å². The van der Waals surface area contributed by atoms with Gasteiger partial charge in [0.2, 0.25) is 0 Å². The lowest BCUT2D eigenvalue weighted by Gasteiger charge is -2.31. The number of halogens is 1. The van der Waals surface area contributed by atoms with Gasteiger partial charge in [0.15, 0.2) is 4.67 Å². The minimum absolute atomic E-state index is 0.0172. The summed E-state index contributed by atoms with van der Waals surface area (Å²) in [5, 5.41) is 8.83. The zero-order valence-corrected chi connectivity index (χ0v) is 11.9. The molecule has 1 aromatic heterocycles. The van der Waals surface area contributed by atoms with Crippen LogP contribution in [-0.2, 0) is 4.79 Å². The van der Waals surface area contributed by atoms with Crippen molar-refractivity contribution < 1.29 is 14.3 Å². The van der Waals surface area contributed by atoms with E-state index in [9.17, 15) is 4.79 Å². The molecule has 0 saturated heterocycles. The monoisotopic (exact) mass is 303 g/mol. The largest absolute Gasteiger partial charge is 0.481 e. The quantitative estimate of drug-likeness (QED) is 0.876. The van der Waals surface area contributed by atoms with Crippen molar-refractivity contribution in [2.75, 3.05) is 6.54 Å². The second-order valence-electron chi connectivity index (χ2n) is 4.10. The van der Waals surface area contributed by atoms with Crippen molar-refractivity contribution in [2.45, 2.75) is 39.3 Å². The number of carbonyl (C=O) groups is 1.